The lowest BCUT2D eigenvalue weighted by Crippen LogP contribution is -2.24. The summed E-state index contributed by atoms with van der Waals surface area (Å²) < 4.78 is 1.82. The summed E-state index contributed by atoms with van der Waals surface area (Å²) in [5.41, 5.74) is 4.05. The minimum absolute atomic E-state index is 0.837. The minimum Gasteiger partial charge on any atom is -0.312 e. The van der Waals surface area contributed by atoms with Crippen LogP contribution >= 0.6 is 11.3 Å². The van der Waals surface area contributed by atoms with Gasteiger partial charge in [-0.3, -0.25) is 0 Å². The normalized spacial score (nSPS) is 14.8. The van der Waals surface area contributed by atoms with E-state index in [-0.39, 0.29) is 0 Å². The van der Waals surface area contributed by atoms with Crippen LogP contribution in [0.5, 0.6) is 0 Å². The Hall–Kier alpha value is -1.79. The predicted octanol–water partition coefficient (Wildman–Crippen LogP) is 1.81. The molecule has 1 aliphatic heterocycles. The Morgan fingerprint density at radius 1 is 1.32 bits per heavy atom. The summed E-state index contributed by atoms with van der Waals surface area (Å²) >= 11 is 1.60. The third-order valence-corrected chi connectivity index (χ3v) is 4.45. The van der Waals surface area contributed by atoms with Crippen molar-refractivity contribution in [2.75, 3.05) is 6.54 Å². The van der Waals surface area contributed by atoms with Crippen molar-refractivity contribution in [3.8, 4) is 10.6 Å². The highest BCUT2D eigenvalue weighted by Crippen LogP contribution is 2.31. The zero-order valence-electron chi connectivity index (χ0n) is 10.6. The van der Waals surface area contributed by atoms with E-state index in [2.05, 4.69) is 38.8 Å². The average Bonchev–Trinajstić information content (AvgIpc) is 3.01. The first kappa shape index (κ1) is 11.1. The van der Waals surface area contributed by atoms with E-state index < -0.39 is 0 Å². The second-order valence-electron chi connectivity index (χ2n) is 4.72. The first-order valence-electron chi connectivity index (χ1n) is 6.33. The van der Waals surface area contributed by atoms with E-state index in [1.807, 2.05) is 11.4 Å². The van der Waals surface area contributed by atoms with E-state index >= 15 is 0 Å². The van der Waals surface area contributed by atoms with Crippen molar-refractivity contribution in [1.29, 1.82) is 0 Å². The quantitative estimate of drug-likeness (QED) is 0.733. The number of fused-ring (bicyclic) bond motifs is 2. The van der Waals surface area contributed by atoms with Gasteiger partial charge in [-0.15, -0.1) is 10.2 Å². The second-order valence-corrected chi connectivity index (χ2v) is 5.67. The van der Waals surface area contributed by atoms with E-state index in [1.165, 1.54) is 16.7 Å². The van der Waals surface area contributed by atoms with Crippen LogP contribution in [0.15, 0.2) is 18.2 Å². The molecule has 0 unspecified atom stereocenters. The van der Waals surface area contributed by atoms with Crippen LogP contribution in [-0.2, 0) is 13.0 Å². The molecule has 0 amide bonds. The Bertz CT molecular complexity index is 758. The molecule has 4 rings (SSSR count). The zero-order valence-corrected chi connectivity index (χ0v) is 11.4. The van der Waals surface area contributed by atoms with Gasteiger partial charge in [0.25, 0.3) is 0 Å². The maximum Gasteiger partial charge on any atom is 0.234 e. The lowest BCUT2D eigenvalue weighted by atomic mass is 9.96. The van der Waals surface area contributed by atoms with Gasteiger partial charge in [-0.1, -0.05) is 29.5 Å². The van der Waals surface area contributed by atoms with Gasteiger partial charge in [-0.05, 0) is 31.0 Å². The summed E-state index contributed by atoms with van der Waals surface area (Å²) in [4.78, 5) is 0.860. The van der Waals surface area contributed by atoms with E-state index in [4.69, 9.17) is 0 Å². The van der Waals surface area contributed by atoms with Crippen LogP contribution in [0.3, 0.4) is 0 Å². The Kier molecular flexibility index (Phi) is 2.39. The molecular formula is C13H13N5S. The molecule has 19 heavy (non-hydrogen) atoms. The molecule has 1 aromatic carbocycles. The SMILES string of the molecule is Cc1nnc2sc(-c3cccc4c3CCNC4)nn12. The molecular weight excluding hydrogens is 258 g/mol. The molecule has 3 aromatic rings. The van der Waals surface area contributed by atoms with Crippen molar-refractivity contribution in [2.24, 2.45) is 0 Å². The number of benzene rings is 1. The molecule has 0 saturated carbocycles. The first-order valence-corrected chi connectivity index (χ1v) is 7.15. The maximum atomic E-state index is 4.64. The monoisotopic (exact) mass is 271 g/mol. The molecule has 3 heterocycles. The number of hydrogen-bond acceptors (Lipinski definition) is 5. The summed E-state index contributed by atoms with van der Waals surface area (Å²) in [6, 6.07) is 6.46. The zero-order chi connectivity index (χ0) is 12.8. The Morgan fingerprint density at radius 2 is 2.26 bits per heavy atom. The topological polar surface area (TPSA) is 55.1 Å². The summed E-state index contributed by atoms with van der Waals surface area (Å²) in [6.45, 7) is 3.91. The van der Waals surface area contributed by atoms with Gasteiger partial charge < -0.3 is 5.32 Å². The highest BCUT2D eigenvalue weighted by Gasteiger charge is 2.17. The number of hydrogen-bond donors (Lipinski definition) is 1. The van der Waals surface area contributed by atoms with Crippen LogP contribution in [0.4, 0.5) is 0 Å². The first-order chi connectivity index (χ1) is 9.33. The number of nitrogens with zero attached hydrogens (tertiary/aromatic N) is 4. The van der Waals surface area contributed by atoms with E-state index in [0.717, 1.165) is 35.3 Å². The molecule has 0 saturated heterocycles. The molecule has 1 N–H and O–H groups in total. The molecule has 0 aliphatic carbocycles. The fraction of sp³-hybridized carbons (Fsp3) is 0.308. The van der Waals surface area contributed by atoms with Crippen molar-refractivity contribution >= 4 is 16.3 Å². The Balaban J connectivity index is 1.91. The molecule has 0 atom stereocenters. The van der Waals surface area contributed by atoms with Crippen molar-refractivity contribution in [1.82, 2.24) is 25.1 Å². The smallest absolute Gasteiger partial charge is 0.234 e. The number of rotatable bonds is 1. The molecule has 1 aliphatic rings. The average molecular weight is 271 g/mol. The van der Waals surface area contributed by atoms with Crippen molar-refractivity contribution < 1.29 is 0 Å². The molecule has 5 nitrogen and oxygen atoms in total. The van der Waals surface area contributed by atoms with Crippen LogP contribution in [0.25, 0.3) is 15.5 Å². The Labute approximate surface area is 114 Å². The van der Waals surface area contributed by atoms with Crippen LogP contribution in [0.1, 0.15) is 17.0 Å². The van der Waals surface area contributed by atoms with Crippen LogP contribution in [0.2, 0.25) is 0 Å². The lowest BCUT2D eigenvalue weighted by Gasteiger charge is -2.19. The minimum atomic E-state index is 0.837. The highest BCUT2D eigenvalue weighted by molar-refractivity contribution is 7.19. The second kappa shape index (κ2) is 4.11. The van der Waals surface area contributed by atoms with Gasteiger partial charge in [0.05, 0.1) is 0 Å². The molecule has 0 spiro atoms. The predicted molar refractivity (Wildman–Crippen MR) is 74.2 cm³/mol. The van der Waals surface area contributed by atoms with Crippen molar-refractivity contribution in [3.63, 3.8) is 0 Å². The van der Waals surface area contributed by atoms with E-state index in [9.17, 15) is 0 Å². The summed E-state index contributed by atoms with van der Waals surface area (Å²) in [7, 11) is 0. The van der Waals surface area contributed by atoms with Gasteiger partial charge in [-0.2, -0.15) is 9.61 Å². The van der Waals surface area contributed by atoms with E-state index in [1.54, 1.807) is 11.3 Å². The number of aromatic nitrogens is 4. The highest BCUT2D eigenvalue weighted by atomic mass is 32.1. The maximum absolute atomic E-state index is 4.64. The van der Waals surface area contributed by atoms with Gasteiger partial charge in [-0.25, -0.2) is 0 Å². The largest absolute Gasteiger partial charge is 0.312 e. The standard InChI is InChI=1S/C13H13N5S/c1-8-15-16-13-18(8)17-12(19-13)11-4-2-3-9-7-14-6-5-10(9)11/h2-4,14H,5-7H2,1H3. The van der Waals surface area contributed by atoms with Crippen LogP contribution in [-0.4, -0.2) is 26.4 Å². The van der Waals surface area contributed by atoms with Crippen molar-refractivity contribution in [2.45, 2.75) is 19.9 Å². The summed E-state index contributed by atoms with van der Waals surface area (Å²) in [5.74, 6) is 0.837. The third kappa shape index (κ3) is 1.67. The Morgan fingerprint density at radius 3 is 3.16 bits per heavy atom. The number of nitrogens with one attached hydrogen (secondary N) is 1. The molecule has 2 aromatic heterocycles. The summed E-state index contributed by atoms with van der Waals surface area (Å²) in [5, 5.41) is 17.2. The van der Waals surface area contributed by atoms with Crippen LogP contribution in [0, 0.1) is 6.92 Å². The molecule has 0 bridgehead atoms. The third-order valence-electron chi connectivity index (χ3n) is 3.52. The fourth-order valence-electron chi connectivity index (χ4n) is 2.56. The van der Waals surface area contributed by atoms with Crippen LogP contribution < -0.4 is 5.32 Å². The van der Waals surface area contributed by atoms with Gasteiger partial charge in [0, 0.05) is 12.1 Å². The number of aryl methyl sites for hydroxylation is 1. The van der Waals surface area contributed by atoms with Gasteiger partial charge in [0.1, 0.15) is 5.01 Å². The fourth-order valence-corrected chi connectivity index (χ4v) is 3.49. The molecule has 96 valence electrons. The lowest BCUT2D eigenvalue weighted by molar-refractivity contribution is 0.644. The molecule has 6 heteroatoms. The van der Waals surface area contributed by atoms with Crippen molar-refractivity contribution in [3.05, 3.63) is 35.2 Å². The van der Waals surface area contributed by atoms with Gasteiger partial charge in [0.15, 0.2) is 5.82 Å². The van der Waals surface area contributed by atoms with E-state index in [0.29, 0.717) is 0 Å². The van der Waals surface area contributed by atoms with Gasteiger partial charge >= 0.3 is 0 Å². The van der Waals surface area contributed by atoms with Gasteiger partial charge in [0.2, 0.25) is 4.96 Å². The molecule has 0 radical (unpaired) electrons. The molecule has 0 fully saturated rings. The summed E-state index contributed by atoms with van der Waals surface area (Å²) in [6.07, 6.45) is 1.06.